The van der Waals surface area contributed by atoms with Crippen LogP contribution in [0.3, 0.4) is 0 Å². The molecule has 1 aliphatic carbocycles. The number of aliphatic imine (C=N–C) groups is 1. The van der Waals surface area contributed by atoms with Gasteiger partial charge < -0.3 is 15.6 Å². The van der Waals surface area contributed by atoms with E-state index in [2.05, 4.69) is 23.6 Å². The van der Waals surface area contributed by atoms with E-state index in [0.717, 1.165) is 31.1 Å². The Bertz CT molecular complexity index is 1240. The zero-order chi connectivity index (χ0) is 25.8. The number of carbonyl (C=O) groups is 1. The molecule has 4 N–H and O–H groups in total. The highest BCUT2D eigenvalue weighted by Crippen LogP contribution is 2.42. The fourth-order valence-electron chi connectivity index (χ4n) is 4.02. The summed E-state index contributed by atoms with van der Waals surface area (Å²) in [5, 5.41) is 8.45. The second kappa shape index (κ2) is 10.5. The average molecular weight is 504 g/mol. The van der Waals surface area contributed by atoms with Crippen molar-refractivity contribution in [2.45, 2.75) is 45.4 Å². The topological polar surface area (TPSA) is 131 Å². The van der Waals surface area contributed by atoms with Crippen molar-refractivity contribution in [3.8, 4) is 5.75 Å². The van der Waals surface area contributed by atoms with Gasteiger partial charge in [0.05, 0.1) is 24.0 Å². The maximum atomic E-state index is 14.0. The number of hydrogen-bond acceptors (Lipinski definition) is 6. The summed E-state index contributed by atoms with van der Waals surface area (Å²) < 4.78 is 46.2. The molecule has 8 nitrogen and oxygen atoms in total. The number of rotatable bonds is 8. The molecule has 0 heterocycles. The van der Waals surface area contributed by atoms with Gasteiger partial charge in [-0.2, -0.15) is 8.42 Å². The number of ether oxygens (including phenoxy) is 1. The maximum Gasteiger partial charge on any atom is 0.338 e. The van der Waals surface area contributed by atoms with E-state index in [-0.39, 0.29) is 11.4 Å². The number of hydrogen-bond donors (Lipinski definition) is 3. The number of aromatic carboxylic acids is 1. The van der Waals surface area contributed by atoms with E-state index >= 15 is 0 Å². The Hall–Kier alpha value is -3.40. The third kappa shape index (κ3) is 6.60. The Morgan fingerprint density at radius 2 is 1.86 bits per heavy atom. The molecule has 1 aliphatic rings. The highest BCUT2D eigenvalue weighted by atomic mass is 32.2. The number of nitrogens with zero attached hydrogens (tertiary/aromatic N) is 1. The van der Waals surface area contributed by atoms with E-state index in [1.807, 2.05) is 24.3 Å². The van der Waals surface area contributed by atoms with E-state index in [0.29, 0.717) is 17.0 Å². The van der Waals surface area contributed by atoms with Crippen LogP contribution in [-0.4, -0.2) is 32.8 Å². The van der Waals surface area contributed by atoms with Gasteiger partial charge in [0.15, 0.2) is 0 Å². The highest BCUT2D eigenvalue weighted by Gasteiger charge is 2.27. The predicted octanol–water partition coefficient (Wildman–Crippen LogP) is 5.16. The van der Waals surface area contributed by atoms with E-state index in [4.69, 9.17) is 15.6 Å². The molecule has 35 heavy (non-hydrogen) atoms. The molecule has 1 fully saturated rings. The van der Waals surface area contributed by atoms with Crippen molar-refractivity contribution in [3.63, 3.8) is 0 Å². The Kier molecular flexibility index (Phi) is 7.84. The van der Waals surface area contributed by atoms with Crippen LogP contribution in [0.15, 0.2) is 52.5 Å². The third-order valence-electron chi connectivity index (χ3n) is 6.24. The standard InChI is InChI=1S/C25H30FN3O5S/c1-25(2)11-8-17(9-12-25)16-4-6-18(7-5-16)28-13-10-23(27)35(32,33)29-21-15-20(26)19(24(30)31)14-22(21)34-3/h4-7,10,13-15,17,29H,8-9,11-12,27H2,1-3H3,(H,30,31). The summed E-state index contributed by atoms with van der Waals surface area (Å²) in [6.07, 6.45) is 7.09. The van der Waals surface area contributed by atoms with Crippen molar-refractivity contribution in [3.05, 3.63) is 64.4 Å². The fraction of sp³-hybridized carbons (Fsp3) is 0.360. The first-order valence-electron chi connectivity index (χ1n) is 11.2. The zero-order valence-corrected chi connectivity index (χ0v) is 20.7. The van der Waals surface area contributed by atoms with Gasteiger partial charge in [-0.1, -0.05) is 26.0 Å². The van der Waals surface area contributed by atoms with Crippen LogP contribution in [-0.2, 0) is 10.0 Å². The molecule has 10 heteroatoms. The summed E-state index contributed by atoms with van der Waals surface area (Å²) in [7, 11) is -3.08. The molecule has 0 spiro atoms. The van der Waals surface area contributed by atoms with Crippen LogP contribution in [0.5, 0.6) is 5.75 Å². The van der Waals surface area contributed by atoms with Gasteiger partial charge in [-0.3, -0.25) is 9.71 Å². The molecule has 0 radical (unpaired) electrons. The smallest absolute Gasteiger partial charge is 0.338 e. The molecule has 0 aliphatic heterocycles. The minimum Gasteiger partial charge on any atom is -0.495 e. The lowest BCUT2D eigenvalue weighted by Crippen LogP contribution is -2.21. The van der Waals surface area contributed by atoms with Crippen LogP contribution in [0.1, 0.15) is 61.4 Å². The zero-order valence-electron chi connectivity index (χ0n) is 19.9. The monoisotopic (exact) mass is 503 g/mol. The molecule has 0 amide bonds. The van der Waals surface area contributed by atoms with Gasteiger partial charge >= 0.3 is 5.97 Å². The number of halogens is 1. The summed E-state index contributed by atoms with van der Waals surface area (Å²) in [5.41, 5.74) is 7.09. The molecule has 0 atom stereocenters. The van der Waals surface area contributed by atoms with E-state index in [9.17, 15) is 17.6 Å². The highest BCUT2D eigenvalue weighted by molar-refractivity contribution is 7.96. The van der Waals surface area contributed by atoms with E-state index < -0.39 is 32.4 Å². The molecule has 2 aromatic rings. The number of allylic oxidation sites excluding steroid dienone is 1. The molecule has 3 rings (SSSR count). The summed E-state index contributed by atoms with van der Waals surface area (Å²) in [6.45, 7) is 4.61. The number of carboxylic acids is 1. The minimum atomic E-state index is -4.28. The Morgan fingerprint density at radius 3 is 2.43 bits per heavy atom. The first-order chi connectivity index (χ1) is 16.4. The van der Waals surface area contributed by atoms with Crippen LogP contribution in [0.2, 0.25) is 0 Å². The predicted molar refractivity (Wildman–Crippen MR) is 134 cm³/mol. The quantitative estimate of drug-likeness (QED) is 0.427. The molecule has 188 valence electrons. The number of nitrogens with two attached hydrogens (primary N) is 1. The van der Waals surface area contributed by atoms with Crippen LogP contribution in [0, 0.1) is 11.2 Å². The average Bonchev–Trinajstić information content (AvgIpc) is 2.79. The molecular weight excluding hydrogens is 473 g/mol. The number of benzene rings is 2. The van der Waals surface area contributed by atoms with Crippen LogP contribution in [0.25, 0.3) is 0 Å². The van der Waals surface area contributed by atoms with Crippen LogP contribution < -0.4 is 15.2 Å². The van der Waals surface area contributed by atoms with Gasteiger partial charge in [0, 0.05) is 12.3 Å². The van der Waals surface area contributed by atoms with E-state index in [1.54, 1.807) is 0 Å². The summed E-state index contributed by atoms with van der Waals surface area (Å²) in [6, 6.07) is 9.44. The molecular formula is C25H30FN3O5S. The van der Waals surface area contributed by atoms with Crippen molar-refractivity contribution in [2.24, 2.45) is 16.1 Å². The number of carboxylic acid groups (broad SMARTS) is 1. The van der Waals surface area contributed by atoms with Crippen LogP contribution in [0.4, 0.5) is 15.8 Å². The summed E-state index contributed by atoms with van der Waals surface area (Å²) in [4.78, 5) is 15.3. The lowest BCUT2D eigenvalue weighted by molar-refractivity contribution is 0.0691. The van der Waals surface area contributed by atoms with E-state index in [1.165, 1.54) is 31.7 Å². The van der Waals surface area contributed by atoms with Crippen molar-refractivity contribution < 1.29 is 27.4 Å². The second-order valence-electron chi connectivity index (χ2n) is 9.32. The maximum absolute atomic E-state index is 14.0. The van der Waals surface area contributed by atoms with Gasteiger partial charge in [-0.05, 0) is 66.9 Å². The largest absolute Gasteiger partial charge is 0.495 e. The van der Waals surface area contributed by atoms with Gasteiger partial charge in [0.25, 0.3) is 10.0 Å². The molecule has 0 unspecified atom stereocenters. The van der Waals surface area contributed by atoms with Crippen molar-refractivity contribution >= 4 is 33.6 Å². The van der Waals surface area contributed by atoms with Gasteiger partial charge in [0.2, 0.25) is 0 Å². The van der Waals surface area contributed by atoms with Crippen molar-refractivity contribution in [2.75, 3.05) is 11.8 Å². The normalized spacial score (nSPS) is 16.9. The van der Waals surface area contributed by atoms with Gasteiger partial charge in [-0.25, -0.2) is 9.18 Å². The Labute approximate surface area is 204 Å². The minimum absolute atomic E-state index is 0.171. The number of methoxy groups -OCH3 is 1. The second-order valence-corrected chi connectivity index (χ2v) is 11.0. The SMILES string of the molecule is COc1cc(C(=O)O)c(F)cc1NS(=O)(=O)C(N)=CC=Nc1ccc(C2CCC(C)(C)CC2)cc1. The lowest BCUT2D eigenvalue weighted by Gasteiger charge is -2.34. The Balaban J connectivity index is 1.69. The van der Waals surface area contributed by atoms with Crippen molar-refractivity contribution in [1.82, 2.24) is 0 Å². The molecule has 0 aromatic heterocycles. The lowest BCUT2D eigenvalue weighted by atomic mass is 9.71. The molecule has 1 saturated carbocycles. The van der Waals surface area contributed by atoms with Crippen molar-refractivity contribution in [1.29, 1.82) is 0 Å². The number of sulfonamides is 1. The first kappa shape index (κ1) is 26.2. The fourth-order valence-corrected chi connectivity index (χ4v) is 4.83. The Morgan fingerprint density at radius 1 is 1.23 bits per heavy atom. The van der Waals surface area contributed by atoms with Gasteiger partial charge in [-0.15, -0.1) is 0 Å². The number of anilines is 1. The number of nitrogens with one attached hydrogen (secondary N) is 1. The molecule has 0 bridgehead atoms. The van der Waals surface area contributed by atoms with Gasteiger partial charge in [0.1, 0.15) is 16.6 Å². The molecule has 0 saturated heterocycles. The summed E-state index contributed by atoms with van der Waals surface area (Å²) >= 11 is 0. The third-order valence-corrected chi connectivity index (χ3v) is 7.49. The first-order valence-corrected chi connectivity index (χ1v) is 12.6. The molecule has 2 aromatic carbocycles. The van der Waals surface area contributed by atoms with Crippen LogP contribution >= 0.6 is 0 Å². The summed E-state index contributed by atoms with van der Waals surface area (Å²) in [5.74, 6) is -2.27.